The van der Waals surface area contributed by atoms with Crippen molar-refractivity contribution in [3.05, 3.63) is 29.8 Å². The summed E-state index contributed by atoms with van der Waals surface area (Å²) in [6.07, 6.45) is 2.93. The molecule has 0 bridgehead atoms. The maximum absolute atomic E-state index is 12.5. The monoisotopic (exact) mass is 379 g/mol. The first kappa shape index (κ1) is 19.0. The van der Waals surface area contributed by atoms with Crippen molar-refractivity contribution in [2.24, 2.45) is 0 Å². The fourth-order valence-corrected chi connectivity index (χ4v) is 5.28. The van der Waals surface area contributed by atoms with E-state index in [0.29, 0.717) is 12.8 Å². The molecule has 2 heterocycles. The molecule has 0 unspecified atom stereocenters. The molecule has 3 rings (SSSR count). The molecule has 0 radical (unpaired) electrons. The van der Waals surface area contributed by atoms with E-state index in [0.717, 1.165) is 25.9 Å². The number of amides is 2. The lowest BCUT2D eigenvalue weighted by Gasteiger charge is -2.36. The summed E-state index contributed by atoms with van der Waals surface area (Å²) in [5.41, 5.74) is 2.50. The molecule has 1 N–H and O–H groups in total. The number of carbonyl (C=O) groups excluding carboxylic acids is 1. The van der Waals surface area contributed by atoms with Crippen molar-refractivity contribution in [1.29, 1.82) is 0 Å². The zero-order valence-corrected chi connectivity index (χ0v) is 16.5. The summed E-state index contributed by atoms with van der Waals surface area (Å²) in [5, 5.41) is 3.13. The number of anilines is 1. The molecule has 6 nitrogen and oxygen atoms in total. The number of piperidine rings is 1. The van der Waals surface area contributed by atoms with Crippen molar-refractivity contribution < 1.29 is 13.2 Å². The smallest absolute Gasteiger partial charge is 0.317 e. The molecular weight excluding hydrogens is 350 g/mol. The molecule has 0 spiro atoms. The van der Waals surface area contributed by atoms with Crippen molar-refractivity contribution in [3.63, 3.8) is 0 Å². The molecule has 0 atom stereocenters. The van der Waals surface area contributed by atoms with Gasteiger partial charge in [0.15, 0.2) is 0 Å². The molecule has 0 aliphatic carbocycles. The lowest BCUT2D eigenvalue weighted by molar-refractivity contribution is 0.179. The molecule has 1 aromatic carbocycles. The van der Waals surface area contributed by atoms with Gasteiger partial charge < -0.3 is 15.1 Å². The van der Waals surface area contributed by atoms with Gasteiger partial charge in [0.05, 0.1) is 11.5 Å². The van der Waals surface area contributed by atoms with Crippen LogP contribution in [0.5, 0.6) is 0 Å². The van der Waals surface area contributed by atoms with Crippen molar-refractivity contribution in [3.8, 4) is 0 Å². The Morgan fingerprint density at radius 2 is 1.81 bits per heavy atom. The molecule has 1 aromatic rings. The summed E-state index contributed by atoms with van der Waals surface area (Å²) >= 11 is 0. The van der Waals surface area contributed by atoms with Crippen molar-refractivity contribution >= 4 is 21.6 Å². The molecule has 2 aliphatic heterocycles. The van der Waals surface area contributed by atoms with Crippen LogP contribution in [0.15, 0.2) is 24.3 Å². The van der Waals surface area contributed by atoms with Crippen molar-refractivity contribution in [2.45, 2.75) is 44.7 Å². The fourth-order valence-electron chi connectivity index (χ4n) is 3.81. The van der Waals surface area contributed by atoms with E-state index in [9.17, 15) is 13.2 Å². The third-order valence-electron chi connectivity index (χ3n) is 5.58. The third kappa shape index (κ3) is 4.69. The van der Waals surface area contributed by atoms with Crippen LogP contribution < -0.4 is 10.2 Å². The highest BCUT2D eigenvalue weighted by Gasteiger charge is 2.30. The standard InChI is InChI=1S/C19H29N3O3S/c1-15-4-3-5-18(14-15)22-10-6-16(7-11-22)20-19(23)21(2)17-8-12-26(24,25)13-9-17/h3-5,14,16-17H,6-13H2,1-2H3,(H,20,23). The number of nitrogens with one attached hydrogen (secondary N) is 1. The lowest BCUT2D eigenvalue weighted by atomic mass is 10.0. The average Bonchev–Trinajstić information content (AvgIpc) is 2.62. The second kappa shape index (κ2) is 7.86. The molecule has 0 saturated carbocycles. The van der Waals surface area contributed by atoms with Crippen LogP contribution in [-0.4, -0.2) is 63.1 Å². The van der Waals surface area contributed by atoms with E-state index in [4.69, 9.17) is 0 Å². The molecular formula is C19H29N3O3S. The lowest BCUT2D eigenvalue weighted by Crippen LogP contribution is -2.52. The van der Waals surface area contributed by atoms with Crippen LogP contribution in [0.1, 0.15) is 31.2 Å². The number of rotatable bonds is 3. The molecule has 2 saturated heterocycles. The first-order chi connectivity index (χ1) is 12.3. The SMILES string of the molecule is Cc1cccc(N2CCC(NC(=O)N(C)C3CCS(=O)(=O)CC3)CC2)c1. The topological polar surface area (TPSA) is 69.7 Å². The highest BCUT2D eigenvalue weighted by molar-refractivity contribution is 7.91. The van der Waals surface area contributed by atoms with E-state index >= 15 is 0 Å². The number of aryl methyl sites for hydroxylation is 1. The molecule has 2 amide bonds. The number of urea groups is 1. The fraction of sp³-hybridized carbons (Fsp3) is 0.632. The molecule has 144 valence electrons. The number of hydrogen-bond acceptors (Lipinski definition) is 4. The summed E-state index contributed by atoms with van der Waals surface area (Å²) in [6, 6.07) is 8.63. The van der Waals surface area contributed by atoms with Crippen LogP contribution in [0.4, 0.5) is 10.5 Å². The Morgan fingerprint density at radius 3 is 2.42 bits per heavy atom. The van der Waals surface area contributed by atoms with E-state index in [1.165, 1.54) is 11.3 Å². The van der Waals surface area contributed by atoms with Crippen molar-refractivity contribution in [1.82, 2.24) is 10.2 Å². The van der Waals surface area contributed by atoms with Crippen LogP contribution >= 0.6 is 0 Å². The van der Waals surface area contributed by atoms with Gasteiger partial charge in [0, 0.05) is 37.9 Å². The van der Waals surface area contributed by atoms with Crippen LogP contribution in [0.2, 0.25) is 0 Å². The maximum atomic E-state index is 12.5. The Labute approximate surface area is 156 Å². The summed E-state index contributed by atoms with van der Waals surface area (Å²) in [4.78, 5) is 16.6. The Kier molecular flexibility index (Phi) is 5.75. The summed E-state index contributed by atoms with van der Waals surface area (Å²) in [7, 11) is -1.12. The van der Waals surface area contributed by atoms with Gasteiger partial charge in [0.1, 0.15) is 9.84 Å². The van der Waals surface area contributed by atoms with Gasteiger partial charge in [-0.2, -0.15) is 0 Å². The van der Waals surface area contributed by atoms with Gasteiger partial charge in [-0.3, -0.25) is 0 Å². The molecule has 26 heavy (non-hydrogen) atoms. The van der Waals surface area contributed by atoms with Gasteiger partial charge >= 0.3 is 6.03 Å². The van der Waals surface area contributed by atoms with Crippen LogP contribution in [0.3, 0.4) is 0 Å². The van der Waals surface area contributed by atoms with E-state index in [1.807, 2.05) is 0 Å². The maximum Gasteiger partial charge on any atom is 0.317 e. The molecule has 2 aliphatic rings. The number of nitrogens with zero attached hydrogens (tertiary/aromatic N) is 2. The van der Waals surface area contributed by atoms with Gasteiger partial charge in [-0.15, -0.1) is 0 Å². The molecule has 2 fully saturated rings. The first-order valence-electron chi connectivity index (χ1n) is 9.39. The van der Waals surface area contributed by atoms with E-state index < -0.39 is 9.84 Å². The normalized spacial score (nSPS) is 21.4. The Morgan fingerprint density at radius 1 is 1.15 bits per heavy atom. The quantitative estimate of drug-likeness (QED) is 0.874. The predicted molar refractivity (Wildman–Crippen MR) is 104 cm³/mol. The Hall–Kier alpha value is -1.76. The van der Waals surface area contributed by atoms with Crippen LogP contribution in [-0.2, 0) is 9.84 Å². The summed E-state index contributed by atoms with van der Waals surface area (Å²) in [5.74, 6) is 0.369. The summed E-state index contributed by atoms with van der Waals surface area (Å²) < 4.78 is 23.1. The minimum atomic E-state index is -2.90. The third-order valence-corrected chi connectivity index (χ3v) is 7.30. The zero-order valence-electron chi connectivity index (χ0n) is 15.6. The van der Waals surface area contributed by atoms with E-state index in [1.54, 1.807) is 11.9 Å². The zero-order chi connectivity index (χ0) is 18.7. The minimum Gasteiger partial charge on any atom is -0.371 e. The average molecular weight is 380 g/mol. The van der Waals surface area contributed by atoms with E-state index in [2.05, 4.69) is 41.4 Å². The van der Waals surface area contributed by atoms with Gasteiger partial charge in [-0.05, 0) is 50.3 Å². The number of carbonyl (C=O) groups is 1. The van der Waals surface area contributed by atoms with Crippen LogP contribution in [0, 0.1) is 6.92 Å². The Bertz CT molecular complexity index is 728. The summed E-state index contributed by atoms with van der Waals surface area (Å²) in [6.45, 7) is 3.96. The predicted octanol–water partition coefficient (Wildman–Crippen LogP) is 2.18. The molecule has 7 heteroatoms. The number of benzene rings is 1. The van der Waals surface area contributed by atoms with Gasteiger partial charge in [0.25, 0.3) is 0 Å². The van der Waals surface area contributed by atoms with Gasteiger partial charge in [-0.25, -0.2) is 13.2 Å². The van der Waals surface area contributed by atoms with Crippen molar-refractivity contribution in [2.75, 3.05) is 36.5 Å². The van der Waals surface area contributed by atoms with Gasteiger partial charge in [-0.1, -0.05) is 12.1 Å². The second-order valence-corrected chi connectivity index (χ2v) is 9.85. The largest absolute Gasteiger partial charge is 0.371 e. The Balaban J connectivity index is 1.47. The van der Waals surface area contributed by atoms with Crippen LogP contribution in [0.25, 0.3) is 0 Å². The molecule has 0 aromatic heterocycles. The van der Waals surface area contributed by atoms with Gasteiger partial charge in [0.2, 0.25) is 0 Å². The highest BCUT2D eigenvalue weighted by Crippen LogP contribution is 2.22. The number of hydrogen-bond donors (Lipinski definition) is 1. The highest BCUT2D eigenvalue weighted by atomic mass is 32.2. The minimum absolute atomic E-state index is 0.0194. The second-order valence-electron chi connectivity index (χ2n) is 7.54. The first-order valence-corrected chi connectivity index (χ1v) is 11.2. The number of sulfone groups is 1. The van der Waals surface area contributed by atoms with E-state index in [-0.39, 0.29) is 29.6 Å².